The molecule has 62 heavy (non-hydrogen) atoms. The number of rotatable bonds is 46. The SMILES string of the molecule is CC/C=C\C/C=C\C/C=C\C/C=C\C/C=C\CCCCCCCCCCOCC(COP(=O)(O)OCC(O)CO)OC(=O)CCCCCCCCC/C=C\C/C=C\CCCCC. The van der Waals surface area contributed by atoms with Crippen molar-refractivity contribution in [2.45, 2.75) is 206 Å². The normalized spacial score (nSPS) is 14.6. The maximum atomic E-state index is 12.7. The Bertz CT molecular complexity index is 1240. The van der Waals surface area contributed by atoms with Gasteiger partial charge in [-0.3, -0.25) is 13.8 Å². The van der Waals surface area contributed by atoms with Gasteiger partial charge in [0, 0.05) is 13.0 Å². The molecule has 0 aliphatic heterocycles. The lowest BCUT2D eigenvalue weighted by Crippen LogP contribution is -2.29. The molecule has 0 amide bonds. The zero-order valence-corrected chi connectivity index (χ0v) is 40.2. The van der Waals surface area contributed by atoms with Gasteiger partial charge in [-0.25, -0.2) is 4.57 Å². The predicted octanol–water partition coefficient (Wildman–Crippen LogP) is 14.3. The van der Waals surface area contributed by atoms with E-state index in [0.717, 1.165) is 89.9 Å². The van der Waals surface area contributed by atoms with E-state index in [1.807, 2.05) is 0 Å². The molecule has 0 aromatic carbocycles. The largest absolute Gasteiger partial charge is 0.472 e. The van der Waals surface area contributed by atoms with E-state index in [1.54, 1.807) is 0 Å². The van der Waals surface area contributed by atoms with Crippen LogP contribution in [-0.4, -0.2) is 66.3 Å². The number of ether oxygens (including phenoxy) is 2. The van der Waals surface area contributed by atoms with Crippen molar-refractivity contribution in [3.05, 3.63) is 85.1 Å². The molecule has 3 atom stereocenters. The number of carbonyl (C=O) groups excluding carboxylic acids is 1. The second-order valence-corrected chi connectivity index (χ2v) is 17.5. The molecule has 0 aliphatic rings. The summed E-state index contributed by atoms with van der Waals surface area (Å²) in [5.41, 5.74) is 0. The molecule has 0 aromatic rings. The van der Waals surface area contributed by atoms with Crippen LogP contribution < -0.4 is 0 Å². The smallest absolute Gasteiger partial charge is 0.457 e. The van der Waals surface area contributed by atoms with Crippen LogP contribution in [0.1, 0.15) is 194 Å². The Balaban J connectivity index is 4.14. The van der Waals surface area contributed by atoms with Crippen LogP contribution in [0.2, 0.25) is 0 Å². The number of unbranched alkanes of at least 4 members (excludes halogenated alkanes) is 18. The van der Waals surface area contributed by atoms with Gasteiger partial charge in [0.25, 0.3) is 0 Å². The number of hydrogen-bond donors (Lipinski definition) is 3. The van der Waals surface area contributed by atoms with Crippen LogP contribution in [0.4, 0.5) is 0 Å². The minimum absolute atomic E-state index is 0.0355. The Kier molecular flexibility index (Phi) is 46.3. The molecule has 0 saturated carbocycles. The van der Waals surface area contributed by atoms with Crippen molar-refractivity contribution in [3.8, 4) is 0 Å². The third kappa shape index (κ3) is 47.1. The zero-order chi connectivity index (χ0) is 45.3. The second-order valence-electron chi connectivity index (χ2n) is 16.1. The summed E-state index contributed by atoms with van der Waals surface area (Å²) in [6.45, 7) is 3.34. The van der Waals surface area contributed by atoms with Gasteiger partial charge in [-0.05, 0) is 89.9 Å². The van der Waals surface area contributed by atoms with Crippen LogP contribution >= 0.6 is 7.82 Å². The third-order valence-electron chi connectivity index (χ3n) is 10.1. The molecule has 0 heterocycles. The first-order valence-corrected chi connectivity index (χ1v) is 26.1. The summed E-state index contributed by atoms with van der Waals surface area (Å²) in [7, 11) is -4.53. The lowest BCUT2D eigenvalue weighted by Gasteiger charge is -2.20. The fourth-order valence-electron chi connectivity index (χ4n) is 6.35. The number of esters is 1. The zero-order valence-electron chi connectivity index (χ0n) is 39.3. The maximum absolute atomic E-state index is 12.7. The Labute approximate surface area is 379 Å². The van der Waals surface area contributed by atoms with Gasteiger partial charge in [-0.1, -0.05) is 182 Å². The number of aliphatic hydroxyl groups excluding tert-OH is 2. The van der Waals surface area contributed by atoms with Crippen LogP contribution in [-0.2, 0) is 27.9 Å². The van der Waals surface area contributed by atoms with Crippen molar-refractivity contribution in [1.82, 2.24) is 0 Å². The molecule has 0 saturated heterocycles. The van der Waals surface area contributed by atoms with Crippen molar-refractivity contribution in [2.24, 2.45) is 0 Å². The number of allylic oxidation sites excluding steroid dienone is 14. The summed E-state index contributed by atoms with van der Waals surface area (Å²) in [6.07, 6.45) is 59.7. The average molecular weight is 891 g/mol. The number of aliphatic hydroxyl groups is 2. The molecule has 0 spiro atoms. The fraction of sp³-hybridized carbons (Fsp3) is 0.712. The predicted molar refractivity (Wildman–Crippen MR) is 260 cm³/mol. The number of carbonyl (C=O) groups is 1. The third-order valence-corrected chi connectivity index (χ3v) is 11.0. The van der Waals surface area contributed by atoms with E-state index in [-0.39, 0.29) is 19.6 Å². The first-order chi connectivity index (χ1) is 30.3. The van der Waals surface area contributed by atoms with Crippen molar-refractivity contribution in [1.29, 1.82) is 0 Å². The first kappa shape index (κ1) is 59.6. The molecular formula is C52H91O9P. The van der Waals surface area contributed by atoms with Crippen LogP contribution in [0.3, 0.4) is 0 Å². The van der Waals surface area contributed by atoms with Crippen LogP contribution in [0.15, 0.2) is 85.1 Å². The summed E-state index contributed by atoms with van der Waals surface area (Å²) in [4.78, 5) is 22.7. The molecule has 0 radical (unpaired) electrons. The molecule has 3 unspecified atom stereocenters. The van der Waals surface area contributed by atoms with E-state index < -0.39 is 39.2 Å². The molecular weight excluding hydrogens is 800 g/mol. The van der Waals surface area contributed by atoms with Crippen molar-refractivity contribution >= 4 is 13.8 Å². The molecule has 358 valence electrons. The van der Waals surface area contributed by atoms with E-state index in [2.05, 4.69) is 98.9 Å². The highest BCUT2D eigenvalue weighted by atomic mass is 31.2. The Hall–Kier alpha value is -2.36. The van der Waals surface area contributed by atoms with Crippen molar-refractivity contribution in [3.63, 3.8) is 0 Å². The summed E-state index contributed by atoms with van der Waals surface area (Å²) < 4.78 is 33.5. The van der Waals surface area contributed by atoms with Crippen LogP contribution in [0, 0.1) is 0 Å². The van der Waals surface area contributed by atoms with Crippen molar-refractivity contribution in [2.75, 3.05) is 33.0 Å². The van der Waals surface area contributed by atoms with Gasteiger partial charge < -0.3 is 24.6 Å². The quantitative estimate of drug-likeness (QED) is 0.0236. The Morgan fingerprint density at radius 1 is 0.516 bits per heavy atom. The summed E-state index contributed by atoms with van der Waals surface area (Å²) >= 11 is 0. The summed E-state index contributed by atoms with van der Waals surface area (Å²) in [5, 5.41) is 18.4. The lowest BCUT2D eigenvalue weighted by atomic mass is 10.1. The summed E-state index contributed by atoms with van der Waals surface area (Å²) in [6, 6.07) is 0. The highest BCUT2D eigenvalue weighted by Gasteiger charge is 2.26. The van der Waals surface area contributed by atoms with Crippen LogP contribution in [0.25, 0.3) is 0 Å². The molecule has 0 aliphatic carbocycles. The van der Waals surface area contributed by atoms with Gasteiger partial charge in [-0.2, -0.15) is 0 Å². The Morgan fingerprint density at radius 3 is 1.39 bits per heavy atom. The van der Waals surface area contributed by atoms with Crippen LogP contribution in [0.5, 0.6) is 0 Å². The van der Waals surface area contributed by atoms with Gasteiger partial charge >= 0.3 is 13.8 Å². The second kappa shape index (κ2) is 48.1. The minimum atomic E-state index is -4.53. The van der Waals surface area contributed by atoms with Gasteiger partial charge in [0.05, 0.1) is 26.4 Å². The highest BCUT2D eigenvalue weighted by molar-refractivity contribution is 7.47. The Morgan fingerprint density at radius 2 is 0.919 bits per heavy atom. The molecule has 0 aromatic heterocycles. The molecule has 3 N–H and O–H groups in total. The van der Waals surface area contributed by atoms with E-state index in [0.29, 0.717) is 13.0 Å². The number of hydrogen-bond acceptors (Lipinski definition) is 8. The van der Waals surface area contributed by atoms with Gasteiger partial charge in [0.2, 0.25) is 0 Å². The minimum Gasteiger partial charge on any atom is -0.457 e. The van der Waals surface area contributed by atoms with Gasteiger partial charge in [-0.15, -0.1) is 0 Å². The van der Waals surface area contributed by atoms with E-state index in [9.17, 15) is 19.4 Å². The van der Waals surface area contributed by atoms with Crippen molar-refractivity contribution < 1.29 is 43.0 Å². The van der Waals surface area contributed by atoms with E-state index >= 15 is 0 Å². The topological polar surface area (TPSA) is 132 Å². The van der Waals surface area contributed by atoms with E-state index in [1.165, 1.54) is 77.0 Å². The lowest BCUT2D eigenvalue weighted by molar-refractivity contribution is -0.154. The number of phosphoric ester groups is 1. The maximum Gasteiger partial charge on any atom is 0.472 e. The fourth-order valence-corrected chi connectivity index (χ4v) is 7.14. The first-order valence-electron chi connectivity index (χ1n) is 24.6. The molecule has 0 bridgehead atoms. The van der Waals surface area contributed by atoms with E-state index in [4.69, 9.17) is 23.6 Å². The molecule has 10 heteroatoms. The monoisotopic (exact) mass is 891 g/mol. The van der Waals surface area contributed by atoms with Gasteiger partial charge in [0.15, 0.2) is 0 Å². The standard InChI is InChI=1S/C52H91O9P/c1-3-5-7-9-11-13-15-17-19-21-22-23-24-25-26-27-29-31-33-35-37-39-41-43-45-58-48-51(49-60-62(56,57)59-47-50(54)46-53)61-52(55)44-42-40-38-36-34-32-30-28-20-18-16-14-12-10-8-6-4-2/h5,7,11-14,17-20,22-23,25-26,50-51,53-54H,3-4,6,8-10,15-16,21,24,27-49H2,1-2H3,(H,56,57)/b7-5-,13-11-,14-12-,19-17-,20-18-,23-22-,26-25-. The summed E-state index contributed by atoms with van der Waals surface area (Å²) in [5.74, 6) is -0.396. The molecule has 0 fully saturated rings. The average Bonchev–Trinajstić information content (AvgIpc) is 3.26. The molecule has 0 rings (SSSR count). The number of phosphoric acid groups is 1. The molecule has 9 nitrogen and oxygen atoms in total. The highest BCUT2D eigenvalue weighted by Crippen LogP contribution is 2.43. The van der Waals surface area contributed by atoms with Gasteiger partial charge in [0.1, 0.15) is 12.2 Å².